The van der Waals surface area contributed by atoms with Gasteiger partial charge >= 0.3 is 0 Å². The highest BCUT2D eigenvalue weighted by molar-refractivity contribution is 5.52. The van der Waals surface area contributed by atoms with Crippen molar-refractivity contribution in [3.05, 3.63) is 89.5 Å². The minimum absolute atomic E-state index is 0.0972. The van der Waals surface area contributed by atoms with Crippen LogP contribution in [-0.2, 0) is 0 Å². The Morgan fingerprint density at radius 2 is 1.69 bits per heavy atom. The minimum atomic E-state index is -0.540. The van der Waals surface area contributed by atoms with E-state index in [4.69, 9.17) is 14.2 Å². The first-order chi connectivity index (χ1) is 16.9. The Hall–Kier alpha value is -3.02. The molecule has 0 unspecified atom stereocenters. The van der Waals surface area contributed by atoms with Crippen LogP contribution in [0.25, 0.3) is 0 Å². The normalized spacial score (nSPS) is 19.3. The van der Waals surface area contributed by atoms with Crippen molar-refractivity contribution in [1.82, 2.24) is 5.32 Å². The molecule has 0 fully saturated rings. The Morgan fingerprint density at radius 3 is 2.37 bits per heavy atom. The summed E-state index contributed by atoms with van der Waals surface area (Å²) in [6.45, 7) is 8.10. The highest BCUT2D eigenvalue weighted by Crippen LogP contribution is 2.53. The minimum Gasteiger partial charge on any atom is -0.497 e. The summed E-state index contributed by atoms with van der Waals surface area (Å²) < 4.78 is 17.9. The second kappa shape index (κ2) is 11.1. The lowest BCUT2D eigenvalue weighted by Gasteiger charge is -2.45. The van der Waals surface area contributed by atoms with E-state index in [-0.39, 0.29) is 18.4 Å². The van der Waals surface area contributed by atoms with Gasteiger partial charge in [0.05, 0.1) is 7.11 Å². The van der Waals surface area contributed by atoms with Crippen molar-refractivity contribution < 1.29 is 19.3 Å². The maximum absolute atomic E-state index is 10.2. The third-order valence-corrected chi connectivity index (χ3v) is 6.66. The van der Waals surface area contributed by atoms with Crippen LogP contribution in [0.2, 0.25) is 0 Å². The number of ether oxygens (including phenoxy) is 3. The number of hydrogen-bond acceptors (Lipinski definition) is 5. The lowest BCUT2D eigenvalue weighted by atomic mass is 9.68. The number of aliphatic hydroxyl groups excluding tert-OH is 1. The molecule has 1 aliphatic rings. The van der Waals surface area contributed by atoms with Crippen LogP contribution >= 0.6 is 0 Å². The lowest BCUT2D eigenvalue weighted by molar-refractivity contribution is 0.0528. The van der Waals surface area contributed by atoms with Gasteiger partial charge in [0.2, 0.25) is 0 Å². The molecule has 3 aromatic rings. The van der Waals surface area contributed by atoms with Crippen molar-refractivity contribution in [2.24, 2.45) is 0 Å². The molecule has 0 saturated heterocycles. The molecule has 3 atom stereocenters. The standard InChI is InChI=1S/C30H37NO4/c1-5-17-31-19-23(32)20-34-24-13-11-21(12-14-24)28-26-16-15-25(33-4)18-27(26)35-30(2,3)29(28)22-9-7-6-8-10-22/h6-16,18,23,28-29,31-32H,5,17,19-20H2,1-4H3/t23-,28-,29+/m1/s1. The number of nitrogens with one attached hydrogen (secondary N) is 1. The smallest absolute Gasteiger partial charge is 0.127 e. The highest BCUT2D eigenvalue weighted by Gasteiger charge is 2.45. The molecule has 0 amide bonds. The number of rotatable bonds is 10. The Bertz CT molecular complexity index is 1080. The second-order valence-corrected chi connectivity index (χ2v) is 9.71. The molecule has 5 nitrogen and oxygen atoms in total. The molecule has 35 heavy (non-hydrogen) atoms. The molecule has 0 aliphatic carbocycles. The van der Waals surface area contributed by atoms with Crippen molar-refractivity contribution in [3.8, 4) is 17.2 Å². The summed E-state index contributed by atoms with van der Waals surface area (Å²) in [5, 5.41) is 13.4. The van der Waals surface area contributed by atoms with Crippen LogP contribution in [-0.4, -0.2) is 43.6 Å². The van der Waals surface area contributed by atoms with Crippen molar-refractivity contribution in [3.63, 3.8) is 0 Å². The van der Waals surface area contributed by atoms with Crippen molar-refractivity contribution in [2.75, 3.05) is 26.8 Å². The maximum Gasteiger partial charge on any atom is 0.127 e. The number of fused-ring (bicyclic) bond motifs is 1. The number of aliphatic hydroxyl groups is 1. The van der Waals surface area contributed by atoms with Gasteiger partial charge in [-0.3, -0.25) is 0 Å². The summed E-state index contributed by atoms with van der Waals surface area (Å²) in [5.74, 6) is 2.60. The Morgan fingerprint density at radius 1 is 0.971 bits per heavy atom. The van der Waals surface area contributed by atoms with Gasteiger partial charge < -0.3 is 24.6 Å². The van der Waals surface area contributed by atoms with Gasteiger partial charge in [-0.05, 0) is 56.1 Å². The van der Waals surface area contributed by atoms with Gasteiger partial charge in [-0.15, -0.1) is 0 Å². The van der Waals surface area contributed by atoms with Crippen molar-refractivity contribution in [2.45, 2.75) is 50.7 Å². The van der Waals surface area contributed by atoms with Crippen LogP contribution in [0.3, 0.4) is 0 Å². The summed E-state index contributed by atoms with van der Waals surface area (Å²) in [6, 6.07) is 24.9. The number of hydrogen-bond donors (Lipinski definition) is 2. The molecule has 1 aliphatic heterocycles. The molecule has 0 aromatic heterocycles. The molecule has 2 N–H and O–H groups in total. The van der Waals surface area contributed by atoms with E-state index in [1.807, 2.05) is 30.3 Å². The fourth-order valence-electron chi connectivity index (χ4n) is 5.01. The SMILES string of the molecule is CCCNC[C@@H](O)COc1ccc([C@@H]2c3ccc(OC)cc3OC(C)(C)[C@H]2c2ccccc2)cc1. The molecule has 4 rings (SSSR count). The van der Waals surface area contributed by atoms with Crippen LogP contribution < -0.4 is 19.5 Å². The average Bonchev–Trinajstić information content (AvgIpc) is 2.87. The average molecular weight is 476 g/mol. The number of benzene rings is 3. The highest BCUT2D eigenvalue weighted by atomic mass is 16.5. The zero-order valence-electron chi connectivity index (χ0n) is 21.2. The third-order valence-electron chi connectivity index (χ3n) is 6.66. The van der Waals surface area contributed by atoms with Gasteiger partial charge in [-0.1, -0.05) is 55.5 Å². The lowest BCUT2D eigenvalue weighted by Crippen LogP contribution is -2.43. The first-order valence-electron chi connectivity index (χ1n) is 12.5. The molecular weight excluding hydrogens is 438 g/mol. The molecule has 5 heteroatoms. The van der Waals surface area contributed by atoms with Crippen LogP contribution in [0, 0.1) is 0 Å². The largest absolute Gasteiger partial charge is 0.497 e. The molecule has 0 bridgehead atoms. The summed E-state index contributed by atoms with van der Waals surface area (Å²) in [5.41, 5.74) is 3.15. The maximum atomic E-state index is 10.2. The van der Waals surface area contributed by atoms with Crippen LogP contribution in [0.1, 0.15) is 55.7 Å². The summed E-state index contributed by atoms with van der Waals surface area (Å²) in [6.07, 6.45) is 0.500. The molecule has 0 radical (unpaired) electrons. The Balaban J connectivity index is 1.63. The fourth-order valence-corrected chi connectivity index (χ4v) is 5.01. The topological polar surface area (TPSA) is 60.0 Å². The van der Waals surface area contributed by atoms with Crippen molar-refractivity contribution >= 4 is 0 Å². The third kappa shape index (κ3) is 5.80. The van der Waals surface area contributed by atoms with Crippen molar-refractivity contribution in [1.29, 1.82) is 0 Å². The quantitative estimate of drug-likeness (QED) is 0.378. The molecule has 1 heterocycles. The molecular formula is C30H37NO4. The predicted octanol–water partition coefficient (Wildman–Crippen LogP) is 5.52. The fraction of sp³-hybridized carbons (Fsp3) is 0.400. The molecule has 0 spiro atoms. The van der Waals surface area contributed by atoms with E-state index in [1.165, 1.54) is 11.1 Å². The molecule has 3 aromatic carbocycles. The van der Waals surface area contributed by atoms with E-state index in [1.54, 1.807) is 7.11 Å². The van der Waals surface area contributed by atoms with E-state index in [0.717, 1.165) is 35.8 Å². The monoisotopic (exact) mass is 475 g/mol. The van der Waals surface area contributed by atoms with Gasteiger partial charge in [0.1, 0.15) is 35.6 Å². The van der Waals surface area contributed by atoms with Crippen LogP contribution in [0.15, 0.2) is 72.8 Å². The first-order valence-corrected chi connectivity index (χ1v) is 12.5. The van der Waals surface area contributed by atoms with Gasteiger partial charge in [-0.25, -0.2) is 0 Å². The van der Waals surface area contributed by atoms with Gasteiger partial charge in [0, 0.05) is 30.0 Å². The van der Waals surface area contributed by atoms with E-state index < -0.39 is 11.7 Å². The van der Waals surface area contributed by atoms with Gasteiger partial charge in [0.25, 0.3) is 0 Å². The van der Waals surface area contributed by atoms with Crippen LogP contribution in [0.4, 0.5) is 0 Å². The Kier molecular flexibility index (Phi) is 7.99. The zero-order valence-corrected chi connectivity index (χ0v) is 21.2. The van der Waals surface area contributed by atoms with Gasteiger partial charge in [-0.2, -0.15) is 0 Å². The number of methoxy groups -OCH3 is 1. The van der Waals surface area contributed by atoms with Gasteiger partial charge in [0.15, 0.2) is 0 Å². The van der Waals surface area contributed by atoms with E-state index in [2.05, 4.69) is 68.6 Å². The van der Waals surface area contributed by atoms with Crippen LogP contribution in [0.5, 0.6) is 17.2 Å². The zero-order chi connectivity index (χ0) is 24.8. The Labute approximate surface area is 209 Å². The molecule has 0 saturated carbocycles. The molecule has 186 valence electrons. The van der Waals surface area contributed by atoms with E-state index in [9.17, 15) is 5.11 Å². The van der Waals surface area contributed by atoms with E-state index >= 15 is 0 Å². The summed E-state index contributed by atoms with van der Waals surface area (Å²) in [4.78, 5) is 0. The predicted molar refractivity (Wildman–Crippen MR) is 140 cm³/mol. The summed E-state index contributed by atoms with van der Waals surface area (Å²) in [7, 11) is 1.68. The summed E-state index contributed by atoms with van der Waals surface area (Å²) >= 11 is 0. The first kappa shape index (κ1) is 25.1. The van der Waals surface area contributed by atoms with E-state index in [0.29, 0.717) is 6.54 Å². The second-order valence-electron chi connectivity index (χ2n) is 9.71.